The van der Waals surface area contributed by atoms with Crippen molar-refractivity contribution in [3.63, 3.8) is 0 Å². The normalized spacial score (nSPS) is 12.6. The summed E-state index contributed by atoms with van der Waals surface area (Å²) in [5.41, 5.74) is 0. The number of hydrogen-bond donors (Lipinski definition) is 1. The van der Waals surface area contributed by atoms with Gasteiger partial charge in [-0.2, -0.15) is 0 Å². The van der Waals surface area contributed by atoms with E-state index in [0.29, 0.717) is 0 Å². The van der Waals surface area contributed by atoms with Gasteiger partial charge in [0.05, 0.1) is 5.92 Å². The molecule has 0 aliphatic heterocycles. The molecule has 1 unspecified atom stereocenters. The zero-order valence-corrected chi connectivity index (χ0v) is 25.5. The molecule has 0 aliphatic rings. The average molecular weight is 509 g/mol. The van der Waals surface area contributed by atoms with Crippen LogP contribution in [-0.2, 0) is 4.79 Å². The van der Waals surface area contributed by atoms with Crippen molar-refractivity contribution in [2.45, 2.75) is 195 Å². The molecule has 0 aromatic rings. The molecule has 1 N–H and O–H groups in total. The van der Waals surface area contributed by atoms with E-state index in [1.165, 1.54) is 141 Å². The van der Waals surface area contributed by atoms with Gasteiger partial charge < -0.3 is 5.11 Å². The monoisotopic (exact) mass is 509 g/mol. The van der Waals surface area contributed by atoms with E-state index in [-0.39, 0.29) is 5.92 Å². The minimum Gasteiger partial charge on any atom is -0.481 e. The topological polar surface area (TPSA) is 37.3 Å². The van der Waals surface area contributed by atoms with Crippen LogP contribution in [0.5, 0.6) is 0 Å². The molecule has 0 saturated carbocycles. The Morgan fingerprint density at radius 3 is 0.778 bits per heavy atom. The number of carboxylic acids is 1. The molecule has 0 saturated heterocycles. The fraction of sp³-hybridized carbons (Fsp3) is 0.971. The largest absolute Gasteiger partial charge is 0.481 e. The zero-order chi connectivity index (χ0) is 26.7. The van der Waals surface area contributed by atoms with E-state index in [0.717, 1.165) is 37.5 Å². The number of carboxylic acid groups (broad SMARTS) is 1. The Bertz CT molecular complexity index is 442. The number of rotatable bonds is 29. The summed E-state index contributed by atoms with van der Waals surface area (Å²) in [6.45, 7) is 9.28. The smallest absolute Gasteiger partial charge is 0.306 e. The van der Waals surface area contributed by atoms with Crippen LogP contribution >= 0.6 is 0 Å². The Hall–Kier alpha value is -0.530. The molecular weight excluding hydrogens is 440 g/mol. The van der Waals surface area contributed by atoms with Crippen molar-refractivity contribution in [2.24, 2.45) is 17.8 Å². The Morgan fingerprint density at radius 2 is 0.583 bits per heavy atom. The minimum absolute atomic E-state index is 0.101. The molecule has 2 nitrogen and oxygen atoms in total. The lowest BCUT2D eigenvalue weighted by molar-refractivity contribution is -0.142. The lowest BCUT2D eigenvalue weighted by Crippen LogP contribution is -2.13. The SMILES string of the molecule is CC(C)CCCCCCCCCCCCCCCC(CCCCCCCCCCCC(C)C)C(=O)O. The molecule has 0 aromatic heterocycles. The Kier molecular flexibility index (Phi) is 27.1. The van der Waals surface area contributed by atoms with Crippen LogP contribution in [0.4, 0.5) is 0 Å². The van der Waals surface area contributed by atoms with E-state index >= 15 is 0 Å². The molecule has 0 aliphatic carbocycles. The molecule has 0 radical (unpaired) electrons. The molecule has 1 atom stereocenters. The van der Waals surface area contributed by atoms with Crippen molar-refractivity contribution in [2.75, 3.05) is 0 Å². The molecule has 0 heterocycles. The molecule has 0 spiro atoms. The van der Waals surface area contributed by atoms with E-state index in [1.54, 1.807) is 0 Å². The minimum atomic E-state index is -0.559. The highest BCUT2D eigenvalue weighted by atomic mass is 16.4. The number of carbonyl (C=O) groups is 1. The second-order valence-corrected chi connectivity index (χ2v) is 12.8. The van der Waals surface area contributed by atoms with Crippen LogP contribution in [0.25, 0.3) is 0 Å². The number of unbranched alkanes of at least 4 members (excludes halogenated alkanes) is 20. The number of hydrogen-bond acceptors (Lipinski definition) is 1. The Balaban J connectivity index is 3.41. The summed E-state index contributed by atoms with van der Waals surface area (Å²) in [6.07, 6.45) is 34.1. The summed E-state index contributed by atoms with van der Waals surface area (Å²) < 4.78 is 0. The maximum absolute atomic E-state index is 11.6. The van der Waals surface area contributed by atoms with E-state index in [2.05, 4.69) is 27.7 Å². The summed E-state index contributed by atoms with van der Waals surface area (Å²) in [5.74, 6) is 1.06. The van der Waals surface area contributed by atoms with Gasteiger partial charge in [0, 0.05) is 0 Å². The van der Waals surface area contributed by atoms with Gasteiger partial charge in [-0.3, -0.25) is 4.79 Å². The Labute approximate surface area is 228 Å². The molecule has 2 heteroatoms. The highest BCUT2D eigenvalue weighted by Gasteiger charge is 2.16. The third-order valence-electron chi connectivity index (χ3n) is 8.02. The first-order chi connectivity index (χ1) is 17.4. The number of aliphatic carboxylic acids is 1. The lowest BCUT2D eigenvalue weighted by Gasteiger charge is -2.12. The fourth-order valence-corrected chi connectivity index (χ4v) is 5.46. The first-order valence-corrected chi connectivity index (χ1v) is 16.7. The first kappa shape index (κ1) is 35.5. The third-order valence-corrected chi connectivity index (χ3v) is 8.02. The van der Waals surface area contributed by atoms with Gasteiger partial charge >= 0.3 is 5.97 Å². The van der Waals surface area contributed by atoms with E-state index in [9.17, 15) is 9.90 Å². The molecule has 216 valence electrons. The maximum Gasteiger partial charge on any atom is 0.306 e. The van der Waals surface area contributed by atoms with Gasteiger partial charge in [0.15, 0.2) is 0 Å². The highest BCUT2D eigenvalue weighted by Crippen LogP contribution is 2.20. The van der Waals surface area contributed by atoms with Gasteiger partial charge in [-0.15, -0.1) is 0 Å². The van der Waals surface area contributed by atoms with E-state index in [1.807, 2.05) is 0 Å². The first-order valence-electron chi connectivity index (χ1n) is 16.7. The van der Waals surface area contributed by atoms with Gasteiger partial charge in [0.2, 0.25) is 0 Å². The molecule has 0 rings (SSSR count). The van der Waals surface area contributed by atoms with Crippen molar-refractivity contribution in [3.8, 4) is 0 Å². The van der Waals surface area contributed by atoms with Crippen LogP contribution in [0.2, 0.25) is 0 Å². The van der Waals surface area contributed by atoms with Gasteiger partial charge in [-0.25, -0.2) is 0 Å². The van der Waals surface area contributed by atoms with Crippen LogP contribution in [-0.4, -0.2) is 11.1 Å². The van der Waals surface area contributed by atoms with Crippen LogP contribution in [0.15, 0.2) is 0 Å². The van der Waals surface area contributed by atoms with Crippen molar-refractivity contribution in [1.29, 1.82) is 0 Å². The molecular formula is C34H68O2. The molecule has 0 fully saturated rings. The molecule has 0 aromatic carbocycles. The fourth-order valence-electron chi connectivity index (χ4n) is 5.46. The summed E-state index contributed by atoms with van der Waals surface area (Å²) in [5, 5.41) is 9.58. The zero-order valence-electron chi connectivity index (χ0n) is 25.5. The van der Waals surface area contributed by atoms with Crippen molar-refractivity contribution >= 4 is 5.97 Å². The molecule has 36 heavy (non-hydrogen) atoms. The lowest BCUT2D eigenvalue weighted by atomic mass is 9.94. The van der Waals surface area contributed by atoms with Crippen LogP contribution in [0.1, 0.15) is 195 Å². The second kappa shape index (κ2) is 27.5. The van der Waals surface area contributed by atoms with Crippen LogP contribution in [0.3, 0.4) is 0 Å². The van der Waals surface area contributed by atoms with Crippen molar-refractivity contribution in [1.82, 2.24) is 0 Å². The van der Waals surface area contributed by atoms with Crippen molar-refractivity contribution < 1.29 is 9.90 Å². The predicted molar refractivity (Wildman–Crippen MR) is 161 cm³/mol. The summed E-state index contributed by atoms with van der Waals surface area (Å²) >= 11 is 0. The maximum atomic E-state index is 11.6. The third kappa shape index (κ3) is 28.0. The summed E-state index contributed by atoms with van der Waals surface area (Å²) in [4.78, 5) is 11.6. The van der Waals surface area contributed by atoms with Gasteiger partial charge in [-0.05, 0) is 24.7 Å². The van der Waals surface area contributed by atoms with E-state index in [4.69, 9.17) is 0 Å². The van der Waals surface area contributed by atoms with Gasteiger partial charge in [0.25, 0.3) is 0 Å². The van der Waals surface area contributed by atoms with Crippen LogP contribution < -0.4 is 0 Å². The molecule has 0 amide bonds. The highest BCUT2D eigenvalue weighted by molar-refractivity contribution is 5.69. The molecule has 0 bridgehead atoms. The quantitative estimate of drug-likeness (QED) is 0.102. The van der Waals surface area contributed by atoms with Crippen molar-refractivity contribution in [3.05, 3.63) is 0 Å². The standard InChI is InChI=1S/C34H68O2/c1-31(2)27-23-19-15-11-8-6-5-7-9-13-17-21-25-29-33(34(35)36)30-26-22-18-14-10-12-16-20-24-28-32(3)4/h31-33H,5-30H2,1-4H3,(H,35,36). The average Bonchev–Trinajstić information content (AvgIpc) is 2.82. The second-order valence-electron chi connectivity index (χ2n) is 12.8. The Morgan fingerprint density at radius 1 is 0.389 bits per heavy atom. The van der Waals surface area contributed by atoms with E-state index < -0.39 is 5.97 Å². The van der Waals surface area contributed by atoms with Gasteiger partial charge in [-0.1, -0.05) is 182 Å². The van der Waals surface area contributed by atoms with Gasteiger partial charge in [0.1, 0.15) is 0 Å². The van der Waals surface area contributed by atoms with Crippen LogP contribution in [0, 0.1) is 17.8 Å². The predicted octanol–water partition coefficient (Wildman–Crippen LogP) is 12.1. The summed E-state index contributed by atoms with van der Waals surface area (Å²) in [7, 11) is 0. The summed E-state index contributed by atoms with van der Waals surface area (Å²) in [6, 6.07) is 0.